The Kier molecular flexibility index (Phi) is 4.74. The zero-order valence-corrected chi connectivity index (χ0v) is 15.2. The summed E-state index contributed by atoms with van der Waals surface area (Å²) in [6.45, 7) is 7.15. The molecule has 2 atom stereocenters. The zero-order chi connectivity index (χ0) is 17.2. The zero-order valence-electron chi connectivity index (χ0n) is 15.2. The minimum absolute atomic E-state index is 0.382. The first kappa shape index (κ1) is 16.6. The van der Waals surface area contributed by atoms with Crippen LogP contribution < -0.4 is 0 Å². The maximum atomic E-state index is 5.85. The molecule has 0 radical (unpaired) electrons. The van der Waals surface area contributed by atoms with Gasteiger partial charge in [0.2, 0.25) is 0 Å². The highest BCUT2D eigenvalue weighted by atomic mass is 16.5. The quantitative estimate of drug-likeness (QED) is 0.792. The molecule has 0 spiro atoms. The monoisotopic (exact) mass is 333 g/mol. The van der Waals surface area contributed by atoms with Crippen molar-refractivity contribution in [3.05, 3.63) is 77.4 Å². The first-order valence-electron chi connectivity index (χ1n) is 9.39. The third-order valence-electron chi connectivity index (χ3n) is 5.50. The largest absolute Gasteiger partial charge is 0.378 e. The highest BCUT2D eigenvalue weighted by molar-refractivity contribution is 5.68. The molecular weight excluding hydrogens is 306 g/mol. The predicted molar refractivity (Wildman–Crippen MR) is 104 cm³/mol. The minimum atomic E-state index is 0.382. The molecule has 0 aliphatic carbocycles. The van der Waals surface area contributed by atoms with E-state index in [4.69, 9.17) is 4.74 Å². The average Bonchev–Trinajstić information content (AvgIpc) is 2.62. The van der Waals surface area contributed by atoms with Crippen molar-refractivity contribution in [1.29, 1.82) is 0 Å². The third kappa shape index (κ3) is 3.56. The fourth-order valence-corrected chi connectivity index (χ4v) is 4.00. The molecule has 25 heavy (non-hydrogen) atoms. The Bertz CT molecular complexity index is 732. The van der Waals surface area contributed by atoms with Crippen molar-refractivity contribution in [2.45, 2.75) is 44.8 Å². The van der Waals surface area contributed by atoms with E-state index in [1.807, 2.05) is 0 Å². The van der Waals surface area contributed by atoms with Gasteiger partial charge in [0.25, 0.3) is 0 Å². The number of morpholine rings is 1. The van der Waals surface area contributed by atoms with Gasteiger partial charge in [0.1, 0.15) is 0 Å². The summed E-state index contributed by atoms with van der Waals surface area (Å²) in [6, 6.07) is 20.8. The average molecular weight is 333 g/mol. The van der Waals surface area contributed by atoms with Gasteiger partial charge in [0, 0.05) is 12.6 Å². The van der Waals surface area contributed by atoms with E-state index < -0.39 is 0 Å². The van der Waals surface area contributed by atoms with Gasteiger partial charge in [0.05, 0.1) is 19.3 Å². The highest BCUT2D eigenvalue weighted by Crippen LogP contribution is 2.34. The lowest BCUT2D eigenvalue weighted by Crippen LogP contribution is -2.53. The normalized spacial score (nSPS) is 23.6. The molecule has 2 aromatic carbocycles. The molecule has 0 amide bonds. The van der Waals surface area contributed by atoms with Gasteiger partial charge in [-0.3, -0.25) is 4.90 Å². The van der Waals surface area contributed by atoms with Crippen LogP contribution in [0.3, 0.4) is 0 Å². The number of hydrogen-bond acceptors (Lipinski definition) is 2. The summed E-state index contributed by atoms with van der Waals surface area (Å²) in [6.07, 6.45) is 3.51. The molecular formula is C23H27NO. The highest BCUT2D eigenvalue weighted by Gasteiger charge is 2.34. The SMILES string of the molecule is CC(C)c1ccc(C2=CC3COCC(C2)N3Cc2ccccc2)cc1. The molecule has 1 saturated heterocycles. The molecule has 0 aromatic heterocycles. The van der Waals surface area contributed by atoms with Gasteiger partial charge >= 0.3 is 0 Å². The van der Waals surface area contributed by atoms with E-state index in [1.54, 1.807) is 0 Å². The Hall–Kier alpha value is -1.90. The molecule has 1 fully saturated rings. The second-order valence-corrected chi connectivity index (χ2v) is 7.59. The van der Waals surface area contributed by atoms with E-state index in [-0.39, 0.29) is 0 Å². The number of ether oxygens (including phenoxy) is 1. The third-order valence-corrected chi connectivity index (χ3v) is 5.50. The lowest BCUT2D eigenvalue weighted by atomic mass is 9.88. The van der Waals surface area contributed by atoms with E-state index in [9.17, 15) is 0 Å². The Morgan fingerprint density at radius 2 is 1.76 bits per heavy atom. The summed E-state index contributed by atoms with van der Waals surface area (Å²) in [5.41, 5.74) is 5.66. The molecule has 2 aromatic rings. The van der Waals surface area contributed by atoms with Crippen molar-refractivity contribution in [3.8, 4) is 0 Å². The first-order chi connectivity index (χ1) is 12.2. The summed E-state index contributed by atoms with van der Waals surface area (Å²) < 4.78 is 5.85. The molecule has 4 rings (SSSR count). The van der Waals surface area contributed by atoms with E-state index in [0.29, 0.717) is 18.0 Å². The van der Waals surface area contributed by atoms with Gasteiger partial charge in [-0.15, -0.1) is 0 Å². The molecule has 2 nitrogen and oxygen atoms in total. The summed E-state index contributed by atoms with van der Waals surface area (Å²) in [7, 11) is 0. The Labute approximate surface area is 151 Å². The summed E-state index contributed by atoms with van der Waals surface area (Å²) >= 11 is 0. The van der Waals surface area contributed by atoms with Crippen LogP contribution in [0.5, 0.6) is 0 Å². The lowest BCUT2D eigenvalue weighted by molar-refractivity contribution is -0.0402. The minimum Gasteiger partial charge on any atom is -0.378 e. The second-order valence-electron chi connectivity index (χ2n) is 7.59. The molecule has 2 bridgehead atoms. The van der Waals surface area contributed by atoms with Crippen molar-refractivity contribution in [2.24, 2.45) is 0 Å². The predicted octanol–water partition coefficient (Wildman–Crippen LogP) is 4.87. The van der Waals surface area contributed by atoms with Crippen molar-refractivity contribution in [3.63, 3.8) is 0 Å². The maximum Gasteiger partial charge on any atom is 0.0658 e. The van der Waals surface area contributed by atoms with Crippen molar-refractivity contribution < 1.29 is 4.74 Å². The van der Waals surface area contributed by atoms with Crippen LogP contribution in [0.2, 0.25) is 0 Å². The smallest absolute Gasteiger partial charge is 0.0658 e. The van der Waals surface area contributed by atoms with Crippen LogP contribution in [-0.4, -0.2) is 30.2 Å². The number of fused-ring (bicyclic) bond motifs is 2. The van der Waals surface area contributed by atoms with E-state index in [2.05, 4.69) is 79.4 Å². The van der Waals surface area contributed by atoms with Crippen LogP contribution in [0.4, 0.5) is 0 Å². The summed E-state index contributed by atoms with van der Waals surface area (Å²) in [5.74, 6) is 0.587. The van der Waals surface area contributed by atoms with Gasteiger partial charge in [-0.2, -0.15) is 0 Å². The molecule has 130 valence electrons. The fourth-order valence-electron chi connectivity index (χ4n) is 4.00. The summed E-state index contributed by atoms with van der Waals surface area (Å²) in [5, 5.41) is 0. The van der Waals surface area contributed by atoms with Gasteiger partial charge in [-0.1, -0.05) is 74.5 Å². The Morgan fingerprint density at radius 1 is 1.00 bits per heavy atom. The van der Waals surface area contributed by atoms with Crippen molar-refractivity contribution in [2.75, 3.05) is 13.2 Å². The Morgan fingerprint density at radius 3 is 2.44 bits per heavy atom. The van der Waals surface area contributed by atoms with Crippen molar-refractivity contribution in [1.82, 2.24) is 4.90 Å². The number of hydrogen-bond donors (Lipinski definition) is 0. The maximum absolute atomic E-state index is 5.85. The van der Waals surface area contributed by atoms with Crippen molar-refractivity contribution >= 4 is 5.57 Å². The molecule has 0 saturated carbocycles. The molecule has 2 aliphatic rings. The first-order valence-corrected chi connectivity index (χ1v) is 9.39. The molecule has 2 heteroatoms. The number of nitrogens with zero attached hydrogens (tertiary/aromatic N) is 1. The van der Waals surface area contributed by atoms with Crippen LogP contribution in [0.15, 0.2) is 60.7 Å². The van der Waals surface area contributed by atoms with E-state index >= 15 is 0 Å². The van der Waals surface area contributed by atoms with Crippen LogP contribution in [0.25, 0.3) is 5.57 Å². The summed E-state index contributed by atoms with van der Waals surface area (Å²) in [4.78, 5) is 2.62. The number of rotatable bonds is 4. The molecule has 2 aliphatic heterocycles. The van der Waals surface area contributed by atoms with Crippen LogP contribution in [0, 0.1) is 0 Å². The number of benzene rings is 2. The van der Waals surface area contributed by atoms with Crippen LogP contribution in [0.1, 0.15) is 42.9 Å². The van der Waals surface area contributed by atoms with Gasteiger partial charge in [-0.05, 0) is 34.6 Å². The van der Waals surface area contributed by atoms with Gasteiger partial charge < -0.3 is 4.74 Å². The lowest BCUT2D eigenvalue weighted by Gasteiger charge is -2.45. The Balaban J connectivity index is 1.56. The molecule has 0 N–H and O–H groups in total. The standard InChI is InChI=1S/C23H27NO/c1-17(2)19-8-10-20(11-9-19)21-12-22-15-25-16-23(13-21)24(22)14-18-6-4-3-5-7-18/h3-12,17,22-23H,13-16H2,1-2H3. The molecule has 2 heterocycles. The molecule has 2 unspecified atom stereocenters. The van der Waals surface area contributed by atoms with Gasteiger partial charge in [-0.25, -0.2) is 0 Å². The van der Waals surface area contributed by atoms with Crippen LogP contribution >= 0.6 is 0 Å². The topological polar surface area (TPSA) is 12.5 Å². The fraction of sp³-hybridized carbons (Fsp3) is 0.391. The second kappa shape index (κ2) is 7.15. The van der Waals surface area contributed by atoms with Crippen LogP contribution in [-0.2, 0) is 11.3 Å². The van der Waals surface area contributed by atoms with E-state index in [0.717, 1.165) is 26.2 Å². The van der Waals surface area contributed by atoms with E-state index in [1.165, 1.54) is 22.3 Å². The van der Waals surface area contributed by atoms with Gasteiger partial charge in [0.15, 0.2) is 0 Å².